The highest BCUT2D eigenvalue weighted by Gasteiger charge is 2.37. The van der Waals surface area contributed by atoms with Crippen molar-refractivity contribution in [2.45, 2.75) is 45.3 Å². The lowest BCUT2D eigenvalue weighted by molar-refractivity contribution is -0.146. The average Bonchev–Trinajstić information content (AvgIpc) is 3.03. The van der Waals surface area contributed by atoms with Gasteiger partial charge in [0.15, 0.2) is 0 Å². The van der Waals surface area contributed by atoms with E-state index >= 15 is 0 Å². The van der Waals surface area contributed by atoms with Gasteiger partial charge in [0.2, 0.25) is 5.91 Å². The van der Waals surface area contributed by atoms with E-state index in [1.807, 2.05) is 24.8 Å². The van der Waals surface area contributed by atoms with Gasteiger partial charge in [-0.3, -0.25) is 4.79 Å². The quantitative estimate of drug-likeness (QED) is 0.824. The maximum Gasteiger partial charge on any atom is 0.226 e. The first-order valence-electron chi connectivity index (χ1n) is 9.09. The Morgan fingerprint density at radius 3 is 3.00 bits per heavy atom. The summed E-state index contributed by atoms with van der Waals surface area (Å²) in [7, 11) is 0. The number of hydrogen-bond acceptors (Lipinski definition) is 4. The van der Waals surface area contributed by atoms with Gasteiger partial charge >= 0.3 is 0 Å². The van der Waals surface area contributed by atoms with Gasteiger partial charge in [-0.05, 0) is 38.8 Å². The summed E-state index contributed by atoms with van der Waals surface area (Å²) in [6, 6.07) is 6.31. The predicted molar refractivity (Wildman–Crippen MR) is 93.8 cm³/mol. The van der Waals surface area contributed by atoms with Crippen molar-refractivity contribution in [3.8, 4) is 11.3 Å². The number of ether oxygens (including phenoxy) is 1. The van der Waals surface area contributed by atoms with Crippen molar-refractivity contribution in [1.82, 2.24) is 10.1 Å². The molecule has 0 aliphatic carbocycles. The normalized spacial score (nSPS) is 22.1. The summed E-state index contributed by atoms with van der Waals surface area (Å²) < 4.78 is 24.8. The van der Waals surface area contributed by atoms with E-state index in [1.54, 1.807) is 6.07 Å². The minimum atomic E-state index is -0.313. The molecule has 5 nitrogen and oxygen atoms in total. The summed E-state index contributed by atoms with van der Waals surface area (Å²) in [5.74, 6) is 0.629. The lowest BCUT2D eigenvalue weighted by Gasteiger charge is -2.37. The van der Waals surface area contributed by atoms with Crippen LogP contribution in [0.1, 0.15) is 38.0 Å². The molecule has 1 atom stereocenters. The molecule has 1 aromatic heterocycles. The van der Waals surface area contributed by atoms with Crippen LogP contribution in [0.3, 0.4) is 0 Å². The highest BCUT2D eigenvalue weighted by molar-refractivity contribution is 5.80. The zero-order chi connectivity index (χ0) is 18.3. The molecule has 1 amide bonds. The van der Waals surface area contributed by atoms with Gasteiger partial charge in [0, 0.05) is 36.6 Å². The molecule has 4 rings (SSSR count). The third-order valence-corrected chi connectivity index (χ3v) is 5.28. The van der Waals surface area contributed by atoms with E-state index in [1.165, 1.54) is 12.1 Å². The molecule has 1 fully saturated rings. The molecular formula is C20H23FN2O3. The minimum Gasteiger partial charge on any atom is -0.376 e. The zero-order valence-corrected chi connectivity index (χ0v) is 15.1. The van der Waals surface area contributed by atoms with Gasteiger partial charge in [0.05, 0.1) is 12.1 Å². The molecule has 0 spiro atoms. The number of carbonyl (C=O) groups excluding carboxylic acids is 1. The monoisotopic (exact) mass is 358 g/mol. The molecule has 3 heterocycles. The van der Waals surface area contributed by atoms with Crippen LogP contribution in [-0.4, -0.2) is 34.7 Å². The Labute approximate surface area is 152 Å². The molecule has 26 heavy (non-hydrogen) atoms. The smallest absolute Gasteiger partial charge is 0.226 e. The topological polar surface area (TPSA) is 55.6 Å². The molecule has 0 N–H and O–H groups in total. The highest BCUT2D eigenvalue weighted by atomic mass is 19.1. The molecule has 1 aromatic carbocycles. The number of carbonyl (C=O) groups is 1. The average molecular weight is 358 g/mol. The predicted octanol–water partition coefficient (Wildman–Crippen LogP) is 3.57. The Balaban J connectivity index is 1.56. The largest absolute Gasteiger partial charge is 0.376 e. The Morgan fingerprint density at radius 2 is 2.23 bits per heavy atom. The maximum absolute atomic E-state index is 13.6. The van der Waals surface area contributed by atoms with Crippen molar-refractivity contribution in [1.29, 1.82) is 0 Å². The van der Waals surface area contributed by atoms with E-state index in [4.69, 9.17) is 9.26 Å². The third-order valence-electron chi connectivity index (χ3n) is 5.28. The molecule has 6 heteroatoms. The van der Waals surface area contributed by atoms with Gasteiger partial charge in [-0.15, -0.1) is 0 Å². The second kappa shape index (κ2) is 6.50. The summed E-state index contributed by atoms with van der Waals surface area (Å²) in [5, 5.41) is 4.14. The summed E-state index contributed by atoms with van der Waals surface area (Å²) in [6.07, 6.45) is 2.12. The lowest BCUT2D eigenvalue weighted by Crippen LogP contribution is -2.45. The number of benzene rings is 1. The first-order valence-corrected chi connectivity index (χ1v) is 9.09. The van der Waals surface area contributed by atoms with Gasteiger partial charge in [-0.1, -0.05) is 17.3 Å². The molecule has 0 radical (unpaired) electrons. The van der Waals surface area contributed by atoms with E-state index in [9.17, 15) is 9.18 Å². The number of halogens is 1. The zero-order valence-electron chi connectivity index (χ0n) is 15.1. The van der Waals surface area contributed by atoms with Crippen LogP contribution in [0, 0.1) is 11.7 Å². The van der Waals surface area contributed by atoms with Crippen LogP contribution in [0.2, 0.25) is 0 Å². The Morgan fingerprint density at radius 1 is 1.38 bits per heavy atom. The molecule has 2 aliphatic heterocycles. The summed E-state index contributed by atoms with van der Waals surface area (Å²) in [5.41, 5.74) is 1.94. The fraction of sp³-hybridized carbons (Fsp3) is 0.500. The SMILES string of the molecule is CC1(C)C[C@@H](C(=O)N2CCc3onc(-c4cccc(F)c4)c3C2)CCO1. The minimum absolute atomic E-state index is 0.0159. The number of hydrogen-bond donors (Lipinski definition) is 0. The molecule has 138 valence electrons. The first kappa shape index (κ1) is 17.2. The number of nitrogens with zero attached hydrogens (tertiary/aromatic N) is 2. The second-order valence-corrected chi connectivity index (χ2v) is 7.75. The van der Waals surface area contributed by atoms with Crippen LogP contribution >= 0.6 is 0 Å². The van der Waals surface area contributed by atoms with Gasteiger partial charge in [0.25, 0.3) is 0 Å². The number of amides is 1. The van der Waals surface area contributed by atoms with Crippen molar-refractivity contribution in [3.63, 3.8) is 0 Å². The van der Waals surface area contributed by atoms with Gasteiger partial charge in [0.1, 0.15) is 17.3 Å². The van der Waals surface area contributed by atoms with Crippen LogP contribution in [0.25, 0.3) is 11.3 Å². The van der Waals surface area contributed by atoms with E-state index < -0.39 is 0 Å². The van der Waals surface area contributed by atoms with Gasteiger partial charge in [-0.25, -0.2) is 4.39 Å². The molecule has 0 unspecified atom stereocenters. The number of fused-ring (bicyclic) bond motifs is 1. The van der Waals surface area contributed by atoms with Gasteiger partial charge < -0.3 is 14.2 Å². The molecule has 1 saturated heterocycles. The molecular weight excluding hydrogens is 335 g/mol. The van der Waals surface area contributed by atoms with Crippen LogP contribution in [0.5, 0.6) is 0 Å². The lowest BCUT2D eigenvalue weighted by atomic mass is 9.87. The van der Waals surface area contributed by atoms with Crippen molar-refractivity contribution >= 4 is 5.91 Å². The summed E-state index contributed by atoms with van der Waals surface area (Å²) >= 11 is 0. The number of rotatable bonds is 2. The van der Waals surface area contributed by atoms with E-state index in [0.717, 1.165) is 24.2 Å². The summed E-state index contributed by atoms with van der Waals surface area (Å²) in [4.78, 5) is 14.9. The molecule has 2 aliphatic rings. The fourth-order valence-electron chi connectivity index (χ4n) is 3.96. The van der Waals surface area contributed by atoms with Crippen LogP contribution in [0.15, 0.2) is 28.8 Å². The van der Waals surface area contributed by atoms with Crippen LogP contribution in [-0.2, 0) is 22.5 Å². The molecule has 2 aromatic rings. The molecule has 0 bridgehead atoms. The standard InChI is InChI=1S/C20H23FN2O3/c1-20(2)11-14(7-9-25-20)19(24)23-8-6-17-16(12-23)18(22-26-17)13-4-3-5-15(21)10-13/h3-5,10,14H,6-9,11-12H2,1-2H3/t14-/m0/s1. The maximum atomic E-state index is 13.6. The Bertz CT molecular complexity index is 830. The Hall–Kier alpha value is -2.21. The van der Waals surface area contributed by atoms with E-state index in [-0.39, 0.29) is 23.2 Å². The summed E-state index contributed by atoms with van der Waals surface area (Å²) in [6.45, 7) is 5.76. The van der Waals surface area contributed by atoms with Gasteiger partial charge in [-0.2, -0.15) is 0 Å². The Kier molecular flexibility index (Phi) is 4.31. The first-order chi connectivity index (χ1) is 12.4. The van der Waals surface area contributed by atoms with Crippen molar-refractivity contribution in [2.75, 3.05) is 13.2 Å². The second-order valence-electron chi connectivity index (χ2n) is 7.75. The van der Waals surface area contributed by atoms with E-state index in [0.29, 0.717) is 37.4 Å². The fourth-order valence-corrected chi connectivity index (χ4v) is 3.96. The van der Waals surface area contributed by atoms with E-state index in [2.05, 4.69) is 5.16 Å². The molecule has 0 saturated carbocycles. The van der Waals surface area contributed by atoms with Crippen LogP contribution < -0.4 is 0 Å². The highest BCUT2D eigenvalue weighted by Crippen LogP contribution is 2.34. The third kappa shape index (κ3) is 3.26. The van der Waals surface area contributed by atoms with Crippen molar-refractivity contribution < 1.29 is 18.4 Å². The number of aromatic nitrogens is 1. The van der Waals surface area contributed by atoms with Crippen molar-refractivity contribution in [2.24, 2.45) is 5.92 Å². The van der Waals surface area contributed by atoms with Crippen LogP contribution in [0.4, 0.5) is 4.39 Å². The van der Waals surface area contributed by atoms with Crippen molar-refractivity contribution in [3.05, 3.63) is 41.4 Å².